The zero-order valence-corrected chi connectivity index (χ0v) is 9.13. The van der Waals surface area contributed by atoms with Crippen LogP contribution in [0.3, 0.4) is 0 Å². The van der Waals surface area contributed by atoms with E-state index in [0.29, 0.717) is 12.8 Å². The van der Waals surface area contributed by atoms with Gasteiger partial charge in [-0.15, -0.1) is 0 Å². The zero-order valence-electron chi connectivity index (χ0n) is 9.13. The Labute approximate surface area is 93.3 Å². The summed E-state index contributed by atoms with van der Waals surface area (Å²) in [7, 11) is 0. The van der Waals surface area contributed by atoms with Gasteiger partial charge >= 0.3 is 0 Å². The van der Waals surface area contributed by atoms with Crippen LogP contribution in [0, 0.1) is 11.6 Å². The van der Waals surface area contributed by atoms with Crippen molar-refractivity contribution in [3.8, 4) is 0 Å². The molecule has 16 heavy (non-hydrogen) atoms. The lowest BCUT2D eigenvalue weighted by Crippen LogP contribution is -2.18. The molecule has 1 atom stereocenters. The molecule has 0 saturated carbocycles. The number of rotatable bonds is 5. The summed E-state index contributed by atoms with van der Waals surface area (Å²) in [4.78, 5) is 0. The molecule has 0 aliphatic carbocycles. The van der Waals surface area contributed by atoms with Crippen LogP contribution in [0.15, 0.2) is 12.1 Å². The maximum atomic E-state index is 13.4. The first kappa shape index (κ1) is 12.7. The number of aliphatic hydroxyl groups excluding tert-OH is 1. The molecule has 0 aliphatic heterocycles. The van der Waals surface area contributed by atoms with E-state index in [4.69, 9.17) is 10.8 Å². The minimum Gasteiger partial charge on any atom is -0.397 e. The number of aliphatic hydroxyl groups is 1. The van der Waals surface area contributed by atoms with Crippen LogP contribution < -0.4 is 11.1 Å². The van der Waals surface area contributed by atoms with Crippen LogP contribution in [0.5, 0.6) is 0 Å². The van der Waals surface area contributed by atoms with Crippen molar-refractivity contribution in [3.63, 3.8) is 0 Å². The molecule has 4 N–H and O–H groups in total. The maximum Gasteiger partial charge on any atom is 0.183 e. The molecule has 0 spiro atoms. The van der Waals surface area contributed by atoms with Gasteiger partial charge in [0.2, 0.25) is 0 Å². The van der Waals surface area contributed by atoms with Gasteiger partial charge in [0.1, 0.15) is 0 Å². The Bertz CT molecular complexity index is 358. The van der Waals surface area contributed by atoms with E-state index in [1.807, 2.05) is 6.92 Å². The van der Waals surface area contributed by atoms with E-state index >= 15 is 0 Å². The van der Waals surface area contributed by atoms with Crippen LogP contribution in [0.2, 0.25) is 0 Å². The minimum absolute atomic E-state index is 0.00885. The Morgan fingerprint density at radius 3 is 2.75 bits per heavy atom. The number of halogens is 2. The van der Waals surface area contributed by atoms with E-state index in [9.17, 15) is 8.78 Å². The number of nitrogens with two attached hydrogens (primary N) is 1. The molecule has 90 valence electrons. The van der Waals surface area contributed by atoms with Gasteiger partial charge in [0, 0.05) is 12.6 Å². The van der Waals surface area contributed by atoms with E-state index in [1.165, 1.54) is 6.07 Å². The van der Waals surface area contributed by atoms with Crippen LogP contribution in [-0.4, -0.2) is 17.8 Å². The molecule has 0 radical (unpaired) electrons. The van der Waals surface area contributed by atoms with Gasteiger partial charge in [0.05, 0.1) is 11.4 Å². The van der Waals surface area contributed by atoms with E-state index < -0.39 is 11.6 Å². The lowest BCUT2D eigenvalue weighted by molar-refractivity contribution is 0.282. The predicted molar refractivity (Wildman–Crippen MR) is 60.2 cm³/mol. The molecule has 0 amide bonds. The number of hydrogen-bond donors (Lipinski definition) is 3. The smallest absolute Gasteiger partial charge is 0.183 e. The molecule has 1 rings (SSSR count). The highest BCUT2D eigenvalue weighted by molar-refractivity contribution is 5.67. The first-order chi connectivity index (χ1) is 7.56. The molecule has 0 aromatic heterocycles. The first-order valence-electron chi connectivity index (χ1n) is 5.17. The van der Waals surface area contributed by atoms with Crippen molar-refractivity contribution in [2.75, 3.05) is 17.7 Å². The van der Waals surface area contributed by atoms with Gasteiger partial charge in [0.25, 0.3) is 0 Å². The van der Waals surface area contributed by atoms with Crippen molar-refractivity contribution in [1.82, 2.24) is 0 Å². The molecular formula is C11H16F2N2O. The van der Waals surface area contributed by atoms with E-state index in [-0.39, 0.29) is 24.0 Å². The minimum atomic E-state index is -0.962. The van der Waals surface area contributed by atoms with E-state index in [1.54, 1.807) is 0 Å². The fourth-order valence-corrected chi connectivity index (χ4v) is 1.43. The van der Waals surface area contributed by atoms with Crippen molar-refractivity contribution in [1.29, 1.82) is 0 Å². The summed E-state index contributed by atoms with van der Waals surface area (Å²) >= 11 is 0. The lowest BCUT2D eigenvalue weighted by Gasteiger charge is -2.17. The average molecular weight is 230 g/mol. The molecule has 0 bridgehead atoms. The van der Waals surface area contributed by atoms with Crippen molar-refractivity contribution in [2.24, 2.45) is 0 Å². The second-order valence-electron chi connectivity index (χ2n) is 3.74. The SMILES string of the molecule is CC(CCCO)Nc1c(N)ccc(F)c1F. The lowest BCUT2D eigenvalue weighted by atomic mass is 10.1. The Hall–Kier alpha value is -1.36. The quantitative estimate of drug-likeness (QED) is 0.679. The molecule has 0 saturated heterocycles. The first-order valence-corrected chi connectivity index (χ1v) is 5.17. The number of hydrogen-bond acceptors (Lipinski definition) is 3. The normalized spacial score (nSPS) is 12.5. The molecule has 0 aliphatic rings. The van der Waals surface area contributed by atoms with Crippen molar-refractivity contribution in [3.05, 3.63) is 23.8 Å². The number of nitrogens with one attached hydrogen (secondary N) is 1. The van der Waals surface area contributed by atoms with Gasteiger partial charge in [-0.2, -0.15) is 0 Å². The summed E-state index contributed by atoms with van der Waals surface area (Å²) in [5.74, 6) is -1.89. The second-order valence-corrected chi connectivity index (χ2v) is 3.74. The molecule has 1 unspecified atom stereocenters. The summed E-state index contributed by atoms with van der Waals surface area (Å²) < 4.78 is 26.3. The third-order valence-electron chi connectivity index (χ3n) is 2.31. The highest BCUT2D eigenvalue weighted by Gasteiger charge is 2.13. The molecule has 3 nitrogen and oxygen atoms in total. The van der Waals surface area contributed by atoms with Crippen molar-refractivity contribution < 1.29 is 13.9 Å². The summed E-state index contributed by atoms with van der Waals surface area (Å²) in [5, 5.41) is 11.5. The fraction of sp³-hybridized carbons (Fsp3) is 0.455. The van der Waals surface area contributed by atoms with Crippen LogP contribution in [0.1, 0.15) is 19.8 Å². The Balaban J connectivity index is 2.76. The zero-order chi connectivity index (χ0) is 12.1. The molecule has 0 heterocycles. The standard InChI is InChI=1S/C11H16F2N2O/c1-7(3-2-6-16)15-11-9(14)5-4-8(12)10(11)13/h4-5,7,15-16H,2-3,6,14H2,1H3. The number of anilines is 2. The highest BCUT2D eigenvalue weighted by Crippen LogP contribution is 2.25. The predicted octanol–water partition coefficient (Wildman–Crippen LogP) is 2.12. The van der Waals surface area contributed by atoms with Crippen LogP contribution in [-0.2, 0) is 0 Å². The van der Waals surface area contributed by atoms with E-state index in [2.05, 4.69) is 5.32 Å². The van der Waals surface area contributed by atoms with Crippen LogP contribution in [0.4, 0.5) is 20.2 Å². The van der Waals surface area contributed by atoms with Gasteiger partial charge in [-0.3, -0.25) is 0 Å². The molecule has 5 heteroatoms. The summed E-state index contributed by atoms with van der Waals surface area (Å²) in [6.45, 7) is 1.90. The average Bonchev–Trinajstić information content (AvgIpc) is 2.27. The van der Waals surface area contributed by atoms with Gasteiger partial charge in [-0.25, -0.2) is 8.78 Å². The molecule has 1 aromatic carbocycles. The molecule has 1 aromatic rings. The third-order valence-corrected chi connectivity index (χ3v) is 2.31. The highest BCUT2D eigenvalue weighted by atomic mass is 19.2. The van der Waals surface area contributed by atoms with Gasteiger partial charge in [-0.05, 0) is 31.9 Å². The van der Waals surface area contributed by atoms with Crippen LogP contribution >= 0.6 is 0 Å². The van der Waals surface area contributed by atoms with Gasteiger partial charge in [-0.1, -0.05) is 0 Å². The summed E-state index contributed by atoms with van der Waals surface area (Å²) in [6, 6.07) is 2.24. The summed E-state index contributed by atoms with van der Waals surface area (Å²) in [5.41, 5.74) is 5.72. The largest absolute Gasteiger partial charge is 0.397 e. The Morgan fingerprint density at radius 2 is 2.12 bits per heavy atom. The Kier molecular flexibility index (Phi) is 4.49. The van der Waals surface area contributed by atoms with Crippen LogP contribution in [0.25, 0.3) is 0 Å². The van der Waals surface area contributed by atoms with Gasteiger partial charge in [0.15, 0.2) is 11.6 Å². The van der Waals surface area contributed by atoms with E-state index in [0.717, 1.165) is 6.07 Å². The Morgan fingerprint density at radius 1 is 1.44 bits per heavy atom. The molecule has 0 fully saturated rings. The fourth-order valence-electron chi connectivity index (χ4n) is 1.43. The van der Waals surface area contributed by atoms with Crippen molar-refractivity contribution in [2.45, 2.75) is 25.8 Å². The third kappa shape index (κ3) is 3.06. The van der Waals surface area contributed by atoms with Gasteiger partial charge < -0.3 is 16.2 Å². The summed E-state index contributed by atoms with van der Waals surface area (Å²) in [6.07, 6.45) is 1.26. The monoisotopic (exact) mass is 230 g/mol. The molecular weight excluding hydrogens is 214 g/mol. The topological polar surface area (TPSA) is 58.3 Å². The second kappa shape index (κ2) is 5.65. The number of benzene rings is 1. The maximum absolute atomic E-state index is 13.4. The number of nitrogen functional groups attached to an aromatic ring is 1. The van der Waals surface area contributed by atoms with Crippen molar-refractivity contribution >= 4 is 11.4 Å².